The number of para-hydroxylation sites is 2. The lowest BCUT2D eigenvalue weighted by Gasteiger charge is -2.13. The topological polar surface area (TPSA) is 43.6 Å². The molecule has 5 aromatic carbocycles. The molecule has 0 fully saturated rings. The monoisotopic (exact) mass is 574 g/mol. The standard InChI is InChI=1S/C41H26N4/c1-2-11-28(12-3-1)41-32-24-25-38-40(39(32)30-13-4-6-15-34(30)44-41)31-14-5-7-19-37(31)45(38)29-22-20-27(21-23-29)33-17-10-18-36(43-33)35-16-8-9-26-42-35/h1-26H. The fourth-order valence-corrected chi connectivity index (χ4v) is 6.63. The van der Waals surface area contributed by atoms with Crippen LogP contribution in [0.15, 0.2) is 158 Å². The van der Waals surface area contributed by atoms with Gasteiger partial charge in [-0.05, 0) is 54.6 Å². The maximum Gasteiger partial charge on any atom is 0.0893 e. The highest BCUT2D eigenvalue weighted by Gasteiger charge is 2.19. The predicted molar refractivity (Wildman–Crippen MR) is 185 cm³/mol. The van der Waals surface area contributed by atoms with Crippen LogP contribution in [0, 0.1) is 0 Å². The van der Waals surface area contributed by atoms with Gasteiger partial charge in [0.15, 0.2) is 0 Å². The average Bonchev–Trinajstić information content (AvgIpc) is 3.46. The van der Waals surface area contributed by atoms with Gasteiger partial charge in [-0.1, -0.05) is 97.1 Å². The van der Waals surface area contributed by atoms with Crippen LogP contribution in [0.25, 0.3) is 83.1 Å². The fourth-order valence-electron chi connectivity index (χ4n) is 6.63. The van der Waals surface area contributed by atoms with Crippen LogP contribution in [0.4, 0.5) is 0 Å². The molecule has 4 aromatic heterocycles. The molecule has 0 aliphatic carbocycles. The summed E-state index contributed by atoms with van der Waals surface area (Å²) in [5, 5.41) is 6.02. The molecule has 0 bridgehead atoms. The van der Waals surface area contributed by atoms with E-state index >= 15 is 0 Å². The molecule has 0 atom stereocenters. The van der Waals surface area contributed by atoms with Crippen LogP contribution >= 0.6 is 0 Å². The van der Waals surface area contributed by atoms with Crippen LogP contribution in [0.1, 0.15) is 0 Å². The lowest BCUT2D eigenvalue weighted by atomic mass is 9.96. The number of aromatic nitrogens is 4. The first-order valence-corrected chi connectivity index (χ1v) is 15.1. The zero-order valence-electron chi connectivity index (χ0n) is 24.3. The number of rotatable bonds is 4. The van der Waals surface area contributed by atoms with E-state index in [2.05, 4.69) is 131 Å². The van der Waals surface area contributed by atoms with Gasteiger partial charge in [0.05, 0.1) is 39.3 Å². The van der Waals surface area contributed by atoms with Gasteiger partial charge in [0, 0.05) is 49.9 Å². The summed E-state index contributed by atoms with van der Waals surface area (Å²) >= 11 is 0. The van der Waals surface area contributed by atoms with E-state index in [-0.39, 0.29) is 0 Å². The Labute approximate surface area is 259 Å². The highest BCUT2D eigenvalue weighted by molar-refractivity contribution is 6.29. The van der Waals surface area contributed by atoms with Crippen LogP contribution in [-0.2, 0) is 0 Å². The predicted octanol–water partition coefficient (Wildman–Crippen LogP) is 10.3. The summed E-state index contributed by atoms with van der Waals surface area (Å²) in [5.41, 5.74) is 10.3. The molecule has 0 saturated carbocycles. The Hall–Kier alpha value is -6.13. The second-order valence-electron chi connectivity index (χ2n) is 11.2. The van der Waals surface area contributed by atoms with Gasteiger partial charge in [-0.15, -0.1) is 0 Å². The Balaban J connectivity index is 1.27. The minimum absolute atomic E-state index is 0.864. The third-order valence-corrected chi connectivity index (χ3v) is 8.64. The quantitative estimate of drug-likeness (QED) is 0.196. The van der Waals surface area contributed by atoms with E-state index in [0.717, 1.165) is 55.9 Å². The van der Waals surface area contributed by atoms with Gasteiger partial charge in [-0.2, -0.15) is 0 Å². The highest BCUT2D eigenvalue weighted by atomic mass is 15.0. The van der Waals surface area contributed by atoms with Gasteiger partial charge in [-0.25, -0.2) is 9.97 Å². The molecule has 9 aromatic rings. The smallest absolute Gasteiger partial charge is 0.0893 e. The maximum atomic E-state index is 5.17. The largest absolute Gasteiger partial charge is 0.309 e. The normalized spacial score (nSPS) is 11.6. The van der Waals surface area contributed by atoms with Crippen molar-refractivity contribution in [2.24, 2.45) is 0 Å². The first kappa shape index (κ1) is 25.4. The summed E-state index contributed by atoms with van der Waals surface area (Å²) in [6.45, 7) is 0. The molecule has 4 heteroatoms. The van der Waals surface area contributed by atoms with Crippen molar-refractivity contribution < 1.29 is 0 Å². The summed E-state index contributed by atoms with van der Waals surface area (Å²) in [6.07, 6.45) is 1.80. The van der Waals surface area contributed by atoms with E-state index in [1.54, 1.807) is 6.20 Å². The van der Waals surface area contributed by atoms with Gasteiger partial charge in [0.1, 0.15) is 0 Å². The van der Waals surface area contributed by atoms with Crippen LogP contribution < -0.4 is 0 Å². The van der Waals surface area contributed by atoms with Crippen molar-refractivity contribution in [2.45, 2.75) is 0 Å². The van der Waals surface area contributed by atoms with E-state index in [0.29, 0.717) is 0 Å². The van der Waals surface area contributed by atoms with Crippen molar-refractivity contribution in [3.63, 3.8) is 0 Å². The number of fused-ring (bicyclic) bond motifs is 7. The second kappa shape index (κ2) is 10.2. The molecular weight excluding hydrogens is 548 g/mol. The molecule has 210 valence electrons. The van der Waals surface area contributed by atoms with Crippen molar-refractivity contribution >= 4 is 43.5 Å². The third-order valence-electron chi connectivity index (χ3n) is 8.64. The number of hydrogen-bond donors (Lipinski definition) is 0. The summed E-state index contributed by atoms with van der Waals surface area (Å²) in [6, 6.07) is 52.9. The van der Waals surface area contributed by atoms with Gasteiger partial charge >= 0.3 is 0 Å². The van der Waals surface area contributed by atoms with Crippen LogP contribution in [0.3, 0.4) is 0 Å². The van der Waals surface area contributed by atoms with Crippen molar-refractivity contribution in [2.75, 3.05) is 0 Å². The highest BCUT2D eigenvalue weighted by Crippen LogP contribution is 2.42. The molecule has 4 heterocycles. The van der Waals surface area contributed by atoms with Gasteiger partial charge in [0.2, 0.25) is 0 Å². The van der Waals surface area contributed by atoms with Crippen molar-refractivity contribution in [3.8, 4) is 39.6 Å². The Kier molecular flexibility index (Phi) is 5.78. The van der Waals surface area contributed by atoms with Crippen molar-refractivity contribution in [1.29, 1.82) is 0 Å². The Morgan fingerprint density at radius 3 is 1.98 bits per heavy atom. The Morgan fingerprint density at radius 2 is 1.13 bits per heavy atom. The molecule has 0 radical (unpaired) electrons. The van der Waals surface area contributed by atoms with Gasteiger partial charge < -0.3 is 4.57 Å². The molecular formula is C41H26N4. The fraction of sp³-hybridized carbons (Fsp3) is 0. The summed E-state index contributed by atoms with van der Waals surface area (Å²) in [5.74, 6) is 0. The molecule has 4 nitrogen and oxygen atoms in total. The first-order chi connectivity index (χ1) is 22.3. The maximum absolute atomic E-state index is 5.17. The molecule has 0 N–H and O–H groups in total. The van der Waals surface area contributed by atoms with Crippen LogP contribution in [-0.4, -0.2) is 19.5 Å². The van der Waals surface area contributed by atoms with E-state index in [9.17, 15) is 0 Å². The Morgan fingerprint density at radius 1 is 0.400 bits per heavy atom. The van der Waals surface area contributed by atoms with Crippen molar-refractivity contribution in [3.05, 3.63) is 158 Å². The summed E-state index contributed by atoms with van der Waals surface area (Å²) in [4.78, 5) is 14.6. The van der Waals surface area contributed by atoms with Gasteiger partial charge in [0.25, 0.3) is 0 Å². The van der Waals surface area contributed by atoms with Gasteiger partial charge in [-0.3, -0.25) is 4.98 Å². The third kappa shape index (κ3) is 4.11. The van der Waals surface area contributed by atoms with E-state index in [4.69, 9.17) is 9.97 Å². The minimum Gasteiger partial charge on any atom is -0.309 e. The van der Waals surface area contributed by atoms with Crippen LogP contribution in [0.5, 0.6) is 0 Å². The zero-order valence-corrected chi connectivity index (χ0v) is 24.3. The Bertz CT molecular complexity index is 2520. The number of nitrogens with zero attached hydrogens (tertiary/aromatic N) is 4. The molecule has 0 aliphatic heterocycles. The first-order valence-electron chi connectivity index (χ1n) is 15.1. The number of pyridine rings is 3. The van der Waals surface area contributed by atoms with Crippen molar-refractivity contribution in [1.82, 2.24) is 19.5 Å². The van der Waals surface area contributed by atoms with E-state index in [1.807, 2.05) is 30.3 Å². The SMILES string of the molecule is c1ccc(-c2nc3ccccc3c3c2ccc2c3c3ccccc3n2-c2ccc(-c3cccc(-c4ccccn4)n3)cc2)cc1. The summed E-state index contributed by atoms with van der Waals surface area (Å²) < 4.78 is 2.38. The molecule has 0 spiro atoms. The number of benzene rings is 5. The second-order valence-corrected chi connectivity index (χ2v) is 11.2. The van der Waals surface area contributed by atoms with E-state index in [1.165, 1.54) is 27.2 Å². The summed E-state index contributed by atoms with van der Waals surface area (Å²) in [7, 11) is 0. The molecule has 45 heavy (non-hydrogen) atoms. The van der Waals surface area contributed by atoms with E-state index < -0.39 is 0 Å². The molecule has 0 amide bonds. The molecule has 0 unspecified atom stereocenters. The molecule has 0 aliphatic rings. The lowest BCUT2D eigenvalue weighted by molar-refractivity contribution is 1.18. The van der Waals surface area contributed by atoms with Crippen LogP contribution in [0.2, 0.25) is 0 Å². The lowest BCUT2D eigenvalue weighted by Crippen LogP contribution is -1.95. The number of hydrogen-bond acceptors (Lipinski definition) is 3. The minimum atomic E-state index is 0.864. The molecule has 0 saturated heterocycles. The average molecular weight is 575 g/mol. The zero-order chi connectivity index (χ0) is 29.7. The molecule has 9 rings (SSSR count).